The van der Waals surface area contributed by atoms with Gasteiger partial charge in [0.2, 0.25) is 0 Å². The smallest absolute Gasteiger partial charge is 0.469 e. The first-order valence-corrected chi connectivity index (χ1v) is 17.0. The van der Waals surface area contributed by atoms with Gasteiger partial charge in [0.25, 0.3) is 5.56 Å². The maximum atomic E-state index is 14.8. The molecular weight excluding hydrogens is 707 g/mol. The zero-order chi connectivity index (χ0) is 38.2. The Morgan fingerprint density at radius 3 is 2.08 bits per heavy atom. The first-order chi connectivity index (χ1) is 24.5. The van der Waals surface area contributed by atoms with E-state index in [1.165, 1.54) is 94.6 Å². The van der Waals surface area contributed by atoms with Crippen LogP contribution in [0.15, 0.2) is 76.5 Å². The summed E-state index contributed by atoms with van der Waals surface area (Å²) in [6.07, 6.45) is 0.504. The van der Waals surface area contributed by atoms with Gasteiger partial charge in [0, 0.05) is 25.6 Å². The molecule has 1 aliphatic rings. The average molecular weight is 745 g/mol. The van der Waals surface area contributed by atoms with Crippen LogP contribution < -0.4 is 20.7 Å². The summed E-state index contributed by atoms with van der Waals surface area (Å²) in [4.78, 5) is 75.3. The highest BCUT2D eigenvalue weighted by Crippen LogP contribution is 2.58. The highest BCUT2D eigenvalue weighted by Gasteiger charge is 2.48. The second kappa shape index (κ2) is 16.9. The zero-order valence-corrected chi connectivity index (χ0v) is 29.9. The van der Waals surface area contributed by atoms with Crippen LogP contribution in [0.2, 0.25) is 0 Å². The minimum absolute atomic E-state index is 0.0859. The molecule has 0 amide bonds. The third-order valence-corrected chi connectivity index (χ3v) is 9.07. The first kappa shape index (κ1) is 39.6. The number of esters is 4. The van der Waals surface area contributed by atoms with Gasteiger partial charge in [-0.2, -0.15) is 0 Å². The van der Waals surface area contributed by atoms with Crippen molar-refractivity contribution in [1.82, 2.24) is 9.55 Å². The lowest BCUT2D eigenvalue weighted by atomic mass is 9.96. The number of H-pyrrole nitrogens is 1. The van der Waals surface area contributed by atoms with Crippen molar-refractivity contribution in [1.29, 1.82) is 0 Å². The van der Waals surface area contributed by atoms with Crippen molar-refractivity contribution in [3.05, 3.63) is 104 Å². The number of aryl methyl sites for hydroxylation is 1. The molecule has 1 aliphatic heterocycles. The number of carbonyl (C=O) groups excluding carboxylic acids is 4. The molecule has 2 heterocycles. The van der Waals surface area contributed by atoms with Gasteiger partial charge in [-0.15, -0.1) is 0 Å². The number of phosphoric ester groups is 1. The molecular formula is C34H37N2O15P. The molecule has 0 spiro atoms. The van der Waals surface area contributed by atoms with Gasteiger partial charge in [0.1, 0.15) is 23.7 Å². The fourth-order valence-electron chi connectivity index (χ4n) is 4.92. The quantitative estimate of drug-likeness (QED) is 0.102. The van der Waals surface area contributed by atoms with Crippen molar-refractivity contribution in [2.75, 3.05) is 20.8 Å². The van der Waals surface area contributed by atoms with E-state index in [2.05, 4.69) is 4.98 Å². The van der Waals surface area contributed by atoms with E-state index in [4.69, 9.17) is 37.3 Å². The normalized spacial score (nSPS) is 18.0. The van der Waals surface area contributed by atoms with E-state index >= 15 is 0 Å². The van der Waals surface area contributed by atoms with Crippen LogP contribution >= 0.6 is 7.82 Å². The van der Waals surface area contributed by atoms with Crippen molar-refractivity contribution in [3.8, 4) is 11.5 Å². The molecule has 17 nitrogen and oxygen atoms in total. The van der Waals surface area contributed by atoms with E-state index < -0.39 is 80.0 Å². The lowest BCUT2D eigenvalue weighted by molar-refractivity contribution is -0.161. The number of benzene rings is 2. The van der Waals surface area contributed by atoms with Gasteiger partial charge in [-0.25, -0.2) is 14.2 Å². The van der Waals surface area contributed by atoms with Gasteiger partial charge in [-0.05, 0) is 55.3 Å². The van der Waals surface area contributed by atoms with Crippen molar-refractivity contribution in [3.63, 3.8) is 0 Å². The highest BCUT2D eigenvalue weighted by atomic mass is 31.2. The SMILES string of the molecule is COC(=O)CC(OP(=O)(OC[C@@H]1C=C[C@H](n2cc(C)c(=O)[nH]c2=O)O1)OC(C)(C(=O)OC)c1ccc(OC(C)=O)cc1)c1ccc(OC(C)=O)cc1. The molecule has 52 heavy (non-hydrogen) atoms. The van der Waals surface area contributed by atoms with Crippen LogP contribution in [0.4, 0.5) is 0 Å². The van der Waals surface area contributed by atoms with E-state index in [1.54, 1.807) is 0 Å². The molecule has 5 atom stereocenters. The summed E-state index contributed by atoms with van der Waals surface area (Å²) in [5, 5.41) is 0. The Balaban J connectivity index is 1.70. The summed E-state index contributed by atoms with van der Waals surface area (Å²) in [6.45, 7) is 4.65. The molecule has 1 aromatic heterocycles. The fourth-order valence-corrected chi connectivity index (χ4v) is 6.54. The van der Waals surface area contributed by atoms with E-state index in [-0.39, 0.29) is 28.2 Å². The van der Waals surface area contributed by atoms with Crippen molar-refractivity contribution in [2.45, 2.75) is 58.2 Å². The molecule has 0 bridgehead atoms. The fraction of sp³-hybridized carbons (Fsp3) is 0.353. The average Bonchev–Trinajstić information content (AvgIpc) is 3.57. The molecule has 2 aromatic carbocycles. The van der Waals surface area contributed by atoms with Crippen LogP contribution in [0.1, 0.15) is 56.2 Å². The molecule has 278 valence electrons. The molecule has 18 heteroatoms. The van der Waals surface area contributed by atoms with E-state index in [9.17, 15) is 33.3 Å². The van der Waals surface area contributed by atoms with Gasteiger partial charge < -0.3 is 23.7 Å². The summed E-state index contributed by atoms with van der Waals surface area (Å²) in [5.74, 6) is -2.64. The number of ether oxygens (including phenoxy) is 5. The molecule has 4 rings (SSSR count). The van der Waals surface area contributed by atoms with Crippen LogP contribution in [0.3, 0.4) is 0 Å². The highest BCUT2D eigenvalue weighted by molar-refractivity contribution is 7.48. The van der Waals surface area contributed by atoms with Crippen molar-refractivity contribution >= 4 is 31.7 Å². The Labute approximate surface area is 296 Å². The summed E-state index contributed by atoms with van der Waals surface area (Å²) >= 11 is 0. The van der Waals surface area contributed by atoms with Crippen molar-refractivity contribution < 1.29 is 61.0 Å². The minimum Gasteiger partial charge on any atom is -0.469 e. The van der Waals surface area contributed by atoms with Crippen LogP contribution in [-0.4, -0.2) is 60.4 Å². The van der Waals surface area contributed by atoms with Gasteiger partial charge in [-0.3, -0.25) is 42.3 Å². The first-order valence-electron chi connectivity index (χ1n) is 15.6. The predicted molar refractivity (Wildman–Crippen MR) is 179 cm³/mol. The number of hydrogen-bond acceptors (Lipinski definition) is 15. The maximum Gasteiger partial charge on any atom is 0.476 e. The molecule has 0 radical (unpaired) electrons. The Morgan fingerprint density at radius 1 is 0.923 bits per heavy atom. The molecule has 0 saturated carbocycles. The number of nitrogens with zero attached hydrogens (tertiary/aromatic N) is 1. The predicted octanol–water partition coefficient (Wildman–Crippen LogP) is 3.70. The molecule has 1 N–H and O–H groups in total. The van der Waals surface area contributed by atoms with E-state index in [0.717, 1.165) is 18.8 Å². The van der Waals surface area contributed by atoms with E-state index in [1.807, 2.05) is 0 Å². The molecule has 3 unspecified atom stereocenters. The van der Waals surface area contributed by atoms with Crippen LogP contribution in [0.5, 0.6) is 11.5 Å². The topological polar surface area (TPSA) is 214 Å². The Bertz CT molecular complexity index is 1990. The number of hydrogen-bond donors (Lipinski definition) is 1. The monoisotopic (exact) mass is 744 g/mol. The Morgan fingerprint density at radius 2 is 1.52 bits per heavy atom. The van der Waals surface area contributed by atoms with Gasteiger partial charge in [0.05, 0.1) is 27.2 Å². The second-order valence-electron chi connectivity index (χ2n) is 11.4. The third kappa shape index (κ3) is 9.98. The molecule has 0 aliphatic carbocycles. The third-order valence-electron chi connectivity index (χ3n) is 7.51. The number of nitrogens with one attached hydrogen (secondary N) is 1. The second-order valence-corrected chi connectivity index (χ2v) is 13.0. The standard InChI is InChI=1S/C34H37N2O15P/c1-20-18-36(33(42)35-31(20)40)29-16-15-27(49-29)19-46-52(43,50-28(17-30(39)44-5)23-7-11-25(12-8-23)47-21(2)37)51-34(4,32(41)45-6)24-9-13-26(14-10-24)48-22(3)38/h7-16,18,27-29H,17,19H2,1-6H3,(H,35,40,42)/t27-,28?,29+,34?,52?/m0/s1. The number of aromatic nitrogens is 2. The van der Waals surface area contributed by atoms with Crippen molar-refractivity contribution in [2.24, 2.45) is 0 Å². The maximum absolute atomic E-state index is 14.8. The Hall–Kier alpha value is -5.19. The molecule has 0 fully saturated rings. The lowest BCUT2D eigenvalue weighted by Gasteiger charge is -2.32. The number of rotatable bonds is 15. The summed E-state index contributed by atoms with van der Waals surface area (Å²) < 4.78 is 59.6. The van der Waals surface area contributed by atoms with Gasteiger partial charge in [0.15, 0.2) is 11.8 Å². The number of methoxy groups -OCH3 is 2. The summed E-state index contributed by atoms with van der Waals surface area (Å²) in [6, 6.07) is 11.2. The van der Waals surface area contributed by atoms with E-state index in [0.29, 0.717) is 0 Å². The minimum atomic E-state index is -5.01. The molecule has 3 aromatic rings. The van der Waals surface area contributed by atoms with Gasteiger partial charge >= 0.3 is 37.4 Å². The lowest BCUT2D eigenvalue weighted by Crippen LogP contribution is -2.37. The van der Waals surface area contributed by atoms with Crippen LogP contribution in [0.25, 0.3) is 0 Å². The molecule has 0 saturated heterocycles. The number of phosphoric acid groups is 1. The number of aromatic amines is 1. The largest absolute Gasteiger partial charge is 0.476 e. The van der Waals surface area contributed by atoms with Crippen LogP contribution in [0, 0.1) is 6.92 Å². The summed E-state index contributed by atoms with van der Waals surface area (Å²) in [7, 11) is -2.79. The Kier molecular flexibility index (Phi) is 12.9. The van der Waals surface area contributed by atoms with Crippen LogP contribution in [-0.2, 0) is 57.1 Å². The van der Waals surface area contributed by atoms with Gasteiger partial charge in [-0.1, -0.05) is 30.3 Å². The zero-order valence-electron chi connectivity index (χ0n) is 29.0. The number of carbonyl (C=O) groups is 4. The summed E-state index contributed by atoms with van der Waals surface area (Å²) in [5.41, 5.74) is -2.89.